The summed E-state index contributed by atoms with van der Waals surface area (Å²) in [6.45, 7) is 8.75. The van der Waals surface area contributed by atoms with Crippen LogP contribution in [0, 0.1) is 35.5 Å². The molecule has 17 heavy (non-hydrogen) atoms. The largest absolute Gasteiger partial charge is 0.0951 e. The van der Waals surface area contributed by atoms with Gasteiger partial charge in [0.1, 0.15) is 0 Å². The van der Waals surface area contributed by atoms with E-state index in [9.17, 15) is 0 Å². The third-order valence-electron chi connectivity index (χ3n) is 3.38. The molecule has 0 aliphatic heterocycles. The van der Waals surface area contributed by atoms with Crippen LogP contribution in [0.5, 0.6) is 0 Å². The van der Waals surface area contributed by atoms with Crippen LogP contribution in [0.15, 0.2) is 11.1 Å². The zero-order chi connectivity index (χ0) is 12.7. The average Bonchev–Trinajstić information content (AvgIpc) is 2.80. The first-order valence-corrected chi connectivity index (χ1v) is 6.92. The normalized spacial score (nSPS) is 17.9. The Kier molecular flexibility index (Phi) is 5.93. The van der Waals surface area contributed by atoms with Crippen molar-refractivity contribution in [1.82, 2.24) is 0 Å². The van der Waals surface area contributed by atoms with Crippen molar-refractivity contribution >= 4 is 0 Å². The van der Waals surface area contributed by atoms with Gasteiger partial charge >= 0.3 is 0 Å². The van der Waals surface area contributed by atoms with Crippen LogP contribution in [0.4, 0.5) is 0 Å². The first-order valence-electron chi connectivity index (χ1n) is 6.92. The smallest absolute Gasteiger partial charge is 0.0175 e. The lowest BCUT2D eigenvalue weighted by Crippen LogP contribution is -1.87. The molecule has 0 spiro atoms. The van der Waals surface area contributed by atoms with Crippen LogP contribution in [0.1, 0.15) is 59.8 Å². The molecule has 1 aliphatic carbocycles. The lowest BCUT2D eigenvalue weighted by Gasteiger charge is -1.97. The molecule has 0 radical (unpaired) electrons. The number of hydrogen-bond acceptors (Lipinski definition) is 0. The molecule has 0 fully saturated rings. The Hall–Kier alpha value is -1.14. The molecular formula is C17H24. The Morgan fingerprint density at radius 3 is 1.65 bits per heavy atom. The van der Waals surface area contributed by atoms with Gasteiger partial charge < -0.3 is 0 Å². The van der Waals surface area contributed by atoms with Gasteiger partial charge in [0.25, 0.3) is 0 Å². The van der Waals surface area contributed by atoms with E-state index in [0.29, 0.717) is 11.8 Å². The van der Waals surface area contributed by atoms with Gasteiger partial charge in [-0.15, -0.1) is 0 Å². The third kappa shape index (κ3) is 4.70. The maximum absolute atomic E-state index is 3.35. The highest BCUT2D eigenvalue weighted by molar-refractivity contribution is 5.46. The first kappa shape index (κ1) is 13.9. The molecule has 92 valence electrons. The van der Waals surface area contributed by atoms with Gasteiger partial charge in [-0.3, -0.25) is 0 Å². The van der Waals surface area contributed by atoms with E-state index in [0.717, 1.165) is 25.7 Å². The van der Waals surface area contributed by atoms with Gasteiger partial charge in [0.05, 0.1) is 0 Å². The molecule has 0 nitrogen and oxygen atoms in total. The SMILES string of the molecule is CCC(C)C#CC1=C(C#CC(C)CC)CCC1. The predicted octanol–water partition coefficient (Wildman–Crippen LogP) is 4.57. The molecule has 0 aromatic rings. The average molecular weight is 228 g/mol. The molecule has 0 aromatic carbocycles. The van der Waals surface area contributed by atoms with Crippen molar-refractivity contribution in [2.24, 2.45) is 11.8 Å². The fourth-order valence-corrected chi connectivity index (χ4v) is 1.64. The highest BCUT2D eigenvalue weighted by Crippen LogP contribution is 2.25. The summed E-state index contributed by atoms with van der Waals surface area (Å²) in [6, 6.07) is 0. The lowest BCUT2D eigenvalue weighted by atomic mass is 10.1. The molecule has 1 rings (SSSR count). The first-order chi connectivity index (χ1) is 8.17. The number of rotatable bonds is 2. The summed E-state index contributed by atoms with van der Waals surface area (Å²) in [5.74, 6) is 14.4. The van der Waals surface area contributed by atoms with Crippen molar-refractivity contribution < 1.29 is 0 Å². The maximum atomic E-state index is 3.35. The van der Waals surface area contributed by atoms with Gasteiger partial charge in [-0.1, -0.05) is 51.4 Å². The van der Waals surface area contributed by atoms with Crippen LogP contribution >= 0.6 is 0 Å². The minimum absolute atomic E-state index is 0.506. The molecule has 0 heterocycles. The standard InChI is InChI=1S/C17H24/c1-5-14(3)10-12-16-8-7-9-17(16)13-11-15(4)6-2/h14-15H,5-9H2,1-4H3. The minimum Gasteiger partial charge on any atom is -0.0951 e. The van der Waals surface area contributed by atoms with Gasteiger partial charge in [0.15, 0.2) is 0 Å². The van der Waals surface area contributed by atoms with E-state index < -0.39 is 0 Å². The second kappa shape index (κ2) is 7.24. The Morgan fingerprint density at radius 1 is 0.882 bits per heavy atom. The summed E-state index contributed by atoms with van der Waals surface area (Å²) >= 11 is 0. The van der Waals surface area contributed by atoms with Crippen molar-refractivity contribution in [2.75, 3.05) is 0 Å². The molecule has 0 amide bonds. The third-order valence-corrected chi connectivity index (χ3v) is 3.38. The Morgan fingerprint density at radius 2 is 1.29 bits per heavy atom. The summed E-state index contributed by atoms with van der Waals surface area (Å²) in [6.07, 6.45) is 5.76. The quantitative estimate of drug-likeness (QED) is 0.607. The van der Waals surface area contributed by atoms with Gasteiger partial charge in [-0.25, -0.2) is 0 Å². The van der Waals surface area contributed by atoms with Crippen LogP contribution in [-0.2, 0) is 0 Å². The summed E-state index contributed by atoms with van der Waals surface area (Å²) < 4.78 is 0. The molecule has 0 saturated carbocycles. The number of hydrogen-bond donors (Lipinski definition) is 0. The highest BCUT2D eigenvalue weighted by atomic mass is 14.1. The van der Waals surface area contributed by atoms with Gasteiger partial charge in [0.2, 0.25) is 0 Å². The Balaban J connectivity index is 2.78. The monoisotopic (exact) mass is 228 g/mol. The van der Waals surface area contributed by atoms with Crippen molar-refractivity contribution in [3.05, 3.63) is 11.1 Å². The van der Waals surface area contributed by atoms with Gasteiger partial charge in [-0.05, 0) is 32.1 Å². The predicted molar refractivity (Wildman–Crippen MR) is 75.3 cm³/mol. The lowest BCUT2D eigenvalue weighted by molar-refractivity contribution is 0.723. The summed E-state index contributed by atoms with van der Waals surface area (Å²) in [7, 11) is 0. The van der Waals surface area contributed by atoms with Crippen LogP contribution < -0.4 is 0 Å². The van der Waals surface area contributed by atoms with Crippen molar-refractivity contribution in [2.45, 2.75) is 59.8 Å². The second-order valence-corrected chi connectivity index (χ2v) is 4.97. The van der Waals surface area contributed by atoms with Gasteiger partial charge in [0, 0.05) is 23.0 Å². The van der Waals surface area contributed by atoms with Crippen molar-refractivity contribution in [1.29, 1.82) is 0 Å². The van der Waals surface area contributed by atoms with E-state index >= 15 is 0 Å². The van der Waals surface area contributed by atoms with Crippen molar-refractivity contribution in [3.63, 3.8) is 0 Å². The zero-order valence-electron chi connectivity index (χ0n) is 11.7. The zero-order valence-corrected chi connectivity index (χ0v) is 11.7. The molecule has 0 heteroatoms. The van der Waals surface area contributed by atoms with Crippen molar-refractivity contribution in [3.8, 4) is 23.7 Å². The fourth-order valence-electron chi connectivity index (χ4n) is 1.64. The van der Waals surface area contributed by atoms with Gasteiger partial charge in [-0.2, -0.15) is 0 Å². The molecule has 0 N–H and O–H groups in total. The molecule has 0 saturated heterocycles. The molecule has 0 bridgehead atoms. The Labute approximate surface area is 107 Å². The number of allylic oxidation sites excluding steroid dienone is 2. The van der Waals surface area contributed by atoms with Crippen LogP contribution in [-0.4, -0.2) is 0 Å². The maximum Gasteiger partial charge on any atom is 0.0175 e. The summed E-state index contributed by atoms with van der Waals surface area (Å²) in [4.78, 5) is 0. The molecule has 0 aromatic heterocycles. The fraction of sp³-hybridized carbons (Fsp3) is 0.647. The molecule has 2 atom stereocenters. The van der Waals surface area contributed by atoms with E-state index in [1.165, 1.54) is 17.6 Å². The van der Waals surface area contributed by atoms with Crippen LogP contribution in [0.3, 0.4) is 0 Å². The van der Waals surface area contributed by atoms with E-state index in [1.807, 2.05) is 0 Å². The minimum atomic E-state index is 0.506. The van der Waals surface area contributed by atoms with E-state index in [1.54, 1.807) is 0 Å². The highest BCUT2D eigenvalue weighted by Gasteiger charge is 2.10. The second-order valence-electron chi connectivity index (χ2n) is 4.97. The van der Waals surface area contributed by atoms with E-state index in [4.69, 9.17) is 0 Å². The molecule has 2 unspecified atom stereocenters. The van der Waals surface area contributed by atoms with Crippen LogP contribution in [0.2, 0.25) is 0 Å². The van der Waals surface area contributed by atoms with E-state index in [-0.39, 0.29) is 0 Å². The van der Waals surface area contributed by atoms with E-state index in [2.05, 4.69) is 51.4 Å². The van der Waals surface area contributed by atoms with Crippen LogP contribution in [0.25, 0.3) is 0 Å². The topological polar surface area (TPSA) is 0 Å². The Bertz CT molecular complexity index is 351. The molecular weight excluding hydrogens is 204 g/mol. The summed E-state index contributed by atoms with van der Waals surface area (Å²) in [5, 5.41) is 0. The molecule has 1 aliphatic rings. The summed E-state index contributed by atoms with van der Waals surface area (Å²) in [5.41, 5.74) is 2.61.